The lowest BCUT2D eigenvalue weighted by Crippen LogP contribution is -2.45. The fourth-order valence-corrected chi connectivity index (χ4v) is 3.08. The van der Waals surface area contributed by atoms with Gasteiger partial charge in [-0.1, -0.05) is 29.3 Å². The van der Waals surface area contributed by atoms with Crippen molar-refractivity contribution < 1.29 is 19.1 Å². The number of hydrogen-bond donors (Lipinski definition) is 1. The summed E-state index contributed by atoms with van der Waals surface area (Å²) in [5.74, 6) is -1.22. The zero-order valence-corrected chi connectivity index (χ0v) is 15.2. The SMILES string of the molecule is CCCCOC(=O)CC[C@@H](C(N)=O)N1Cc2cc(Br)ccc2C1=O. The third-order valence-corrected chi connectivity index (χ3v) is 4.48. The van der Waals surface area contributed by atoms with Crippen LogP contribution in [-0.4, -0.2) is 35.3 Å². The van der Waals surface area contributed by atoms with Crippen LogP contribution in [0.5, 0.6) is 0 Å². The second kappa shape index (κ2) is 8.28. The molecule has 0 fully saturated rings. The number of benzene rings is 1. The summed E-state index contributed by atoms with van der Waals surface area (Å²) in [6.45, 7) is 2.69. The number of rotatable bonds is 8. The van der Waals surface area contributed by atoms with Gasteiger partial charge in [0.05, 0.1) is 6.61 Å². The number of primary amides is 1. The van der Waals surface area contributed by atoms with Crippen LogP contribution in [0.15, 0.2) is 22.7 Å². The molecule has 0 saturated carbocycles. The molecule has 1 aromatic carbocycles. The quantitative estimate of drug-likeness (QED) is 0.539. The van der Waals surface area contributed by atoms with E-state index in [1.807, 2.05) is 13.0 Å². The summed E-state index contributed by atoms with van der Waals surface area (Å²) in [5.41, 5.74) is 6.86. The van der Waals surface area contributed by atoms with E-state index in [0.717, 1.165) is 22.9 Å². The average molecular weight is 397 g/mol. The molecule has 1 aliphatic heterocycles. The highest BCUT2D eigenvalue weighted by atomic mass is 79.9. The van der Waals surface area contributed by atoms with Crippen molar-refractivity contribution in [1.29, 1.82) is 0 Å². The average Bonchev–Trinajstić information content (AvgIpc) is 2.83. The van der Waals surface area contributed by atoms with Gasteiger partial charge in [-0.15, -0.1) is 0 Å². The summed E-state index contributed by atoms with van der Waals surface area (Å²) in [6, 6.07) is 4.54. The molecule has 1 aromatic rings. The molecule has 7 heteroatoms. The third-order valence-electron chi connectivity index (χ3n) is 3.99. The summed E-state index contributed by atoms with van der Waals surface area (Å²) in [4.78, 5) is 37.4. The molecule has 2 rings (SSSR count). The zero-order chi connectivity index (χ0) is 17.7. The summed E-state index contributed by atoms with van der Waals surface area (Å²) >= 11 is 3.37. The zero-order valence-electron chi connectivity index (χ0n) is 13.6. The number of carbonyl (C=O) groups excluding carboxylic acids is 3. The molecule has 0 aliphatic carbocycles. The first kappa shape index (κ1) is 18.4. The molecule has 0 saturated heterocycles. The Kier molecular flexibility index (Phi) is 6.36. The molecule has 1 heterocycles. The van der Waals surface area contributed by atoms with Crippen molar-refractivity contribution in [3.05, 3.63) is 33.8 Å². The van der Waals surface area contributed by atoms with E-state index in [1.54, 1.807) is 12.1 Å². The van der Waals surface area contributed by atoms with Crippen LogP contribution in [0.1, 0.15) is 48.5 Å². The molecule has 2 N–H and O–H groups in total. The van der Waals surface area contributed by atoms with Gasteiger partial charge < -0.3 is 15.4 Å². The summed E-state index contributed by atoms with van der Waals surface area (Å²) in [6.07, 6.45) is 1.97. The minimum absolute atomic E-state index is 0.0567. The predicted octanol–water partition coefficient (Wildman–Crippen LogP) is 2.38. The van der Waals surface area contributed by atoms with Gasteiger partial charge in [-0.2, -0.15) is 0 Å². The number of hydrogen-bond acceptors (Lipinski definition) is 4. The lowest BCUT2D eigenvalue weighted by atomic mass is 10.1. The molecule has 0 unspecified atom stereocenters. The summed E-state index contributed by atoms with van der Waals surface area (Å²) < 4.78 is 5.95. The molecule has 0 spiro atoms. The molecule has 24 heavy (non-hydrogen) atoms. The van der Waals surface area contributed by atoms with Crippen molar-refractivity contribution in [3.63, 3.8) is 0 Å². The second-order valence-electron chi connectivity index (χ2n) is 5.77. The van der Waals surface area contributed by atoms with E-state index in [9.17, 15) is 14.4 Å². The Bertz CT molecular complexity index is 647. The van der Waals surface area contributed by atoms with Gasteiger partial charge in [-0.05, 0) is 36.6 Å². The summed E-state index contributed by atoms with van der Waals surface area (Å²) in [5, 5.41) is 0. The van der Waals surface area contributed by atoms with E-state index >= 15 is 0 Å². The van der Waals surface area contributed by atoms with Gasteiger partial charge >= 0.3 is 5.97 Å². The molecule has 1 aliphatic rings. The van der Waals surface area contributed by atoms with Crippen molar-refractivity contribution in [1.82, 2.24) is 4.90 Å². The largest absolute Gasteiger partial charge is 0.466 e. The smallest absolute Gasteiger partial charge is 0.305 e. The number of esters is 1. The number of amides is 2. The first-order chi connectivity index (χ1) is 11.4. The van der Waals surface area contributed by atoms with Crippen LogP contribution in [0.4, 0.5) is 0 Å². The molecule has 2 amide bonds. The number of fused-ring (bicyclic) bond motifs is 1. The van der Waals surface area contributed by atoms with Crippen LogP contribution >= 0.6 is 15.9 Å². The molecule has 130 valence electrons. The Hall–Kier alpha value is -1.89. The Labute approximate surface area is 149 Å². The standard InChI is InChI=1S/C17H21BrN2O4/c1-2-3-8-24-15(21)7-6-14(16(19)22)20-10-11-9-12(18)4-5-13(11)17(20)23/h4-5,9,14H,2-3,6-8,10H2,1H3,(H2,19,22)/t14-/m0/s1. The van der Waals surface area contributed by atoms with Gasteiger partial charge in [0.15, 0.2) is 0 Å². The van der Waals surface area contributed by atoms with E-state index in [4.69, 9.17) is 10.5 Å². The number of halogens is 1. The molecular formula is C17H21BrN2O4. The normalized spacial score (nSPS) is 14.4. The number of unbranched alkanes of at least 4 members (excludes halogenated alkanes) is 1. The van der Waals surface area contributed by atoms with Crippen molar-refractivity contribution >= 4 is 33.7 Å². The van der Waals surface area contributed by atoms with Gasteiger partial charge in [0.2, 0.25) is 5.91 Å². The maximum absolute atomic E-state index is 12.5. The highest BCUT2D eigenvalue weighted by Crippen LogP contribution is 2.28. The molecule has 0 radical (unpaired) electrons. The van der Waals surface area contributed by atoms with E-state index in [0.29, 0.717) is 18.7 Å². The monoisotopic (exact) mass is 396 g/mol. The number of carbonyl (C=O) groups is 3. The van der Waals surface area contributed by atoms with Crippen LogP contribution in [0.25, 0.3) is 0 Å². The van der Waals surface area contributed by atoms with Gasteiger partial charge in [0.25, 0.3) is 5.91 Å². The Morgan fingerprint density at radius 2 is 2.17 bits per heavy atom. The number of ether oxygens (including phenoxy) is 1. The number of nitrogens with two attached hydrogens (primary N) is 1. The molecule has 1 atom stereocenters. The van der Waals surface area contributed by atoms with E-state index in [-0.39, 0.29) is 24.7 Å². The topological polar surface area (TPSA) is 89.7 Å². The van der Waals surface area contributed by atoms with Gasteiger partial charge in [0.1, 0.15) is 6.04 Å². The van der Waals surface area contributed by atoms with Crippen molar-refractivity contribution in [2.24, 2.45) is 5.73 Å². The maximum Gasteiger partial charge on any atom is 0.305 e. The van der Waals surface area contributed by atoms with Crippen LogP contribution in [-0.2, 0) is 20.9 Å². The minimum atomic E-state index is -0.817. The molecule has 6 nitrogen and oxygen atoms in total. The first-order valence-corrected chi connectivity index (χ1v) is 8.77. The lowest BCUT2D eigenvalue weighted by Gasteiger charge is -2.24. The van der Waals surface area contributed by atoms with Gasteiger partial charge in [-0.3, -0.25) is 14.4 Å². The lowest BCUT2D eigenvalue weighted by molar-refractivity contribution is -0.144. The van der Waals surface area contributed by atoms with Crippen molar-refractivity contribution in [3.8, 4) is 0 Å². The fraction of sp³-hybridized carbons (Fsp3) is 0.471. The Balaban J connectivity index is 2.00. The van der Waals surface area contributed by atoms with Crippen molar-refractivity contribution in [2.45, 2.75) is 45.2 Å². The number of nitrogens with zero attached hydrogens (tertiary/aromatic N) is 1. The molecule has 0 bridgehead atoms. The fourth-order valence-electron chi connectivity index (χ4n) is 2.67. The molecule has 0 aromatic heterocycles. The van der Waals surface area contributed by atoms with Crippen LogP contribution in [0, 0.1) is 0 Å². The summed E-state index contributed by atoms with van der Waals surface area (Å²) in [7, 11) is 0. The highest BCUT2D eigenvalue weighted by Gasteiger charge is 2.35. The highest BCUT2D eigenvalue weighted by molar-refractivity contribution is 9.10. The van der Waals surface area contributed by atoms with E-state index in [1.165, 1.54) is 4.90 Å². The van der Waals surface area contributed by atoms with Gasteiger partial charge in [-0.25, -0.2) is 0 Å². The Morgan fingerprint density at radius 3 is 2.83 bits per heavy atom. The second-order valence-corrected chi connectivity index (χ2v) is 6.68. The minimum Gasteiger partial charge on any atom is -0.466 e. The predicted molar refractivity (Wildman–Crippen MR) is 92.1 cm³/mol. The molecular weight excluding hydrogens is 376 g/mol. The van der Waals surface area contributed by atoms with E-state index < -0.39 is 11.9 Å². The van der Waals surface area contributed by atoms with Gasteiger partial charge in [0, 0.05) is 23.0 Å². The first-order valence-electron chi connectivity index (χ1n) is 7.98. The Morgan fingerprint density at radius 1 is 1.42 bits per heavy atom. The maximum atomic E-state index is 12.5. The third kappa shape index (κ3) is 4.35. The van der Waals surface area contributed by atoms with E-state index in [2.05, 4.69) is 15.9 Å². The van der Waals surface area contributed by atoms with Crippen molar-refractivity contribution in [2.75, 3.05) is 6.61 Å². The van der Waals surface area contributed by atoms with Crippen LogP contribution in [0.3, 0.4) is 0 Å². The van der Waals surface area contributed by atoms with Crippen LogP contribution < -0.4 is 5.73 Å². The van der Waals surface area contributed by atoms with Crippen LogP contribution in [0.2, 0.25) is 0 Å².